The monoisotopic (exact) mass is 1810 g/mol. The maximum Gasteiger partial charge on any atom is 0.221 e. The molecule has 1 amide bonds. The van der Waals surface area contributed by atoms with E-state index in [9.17, 15) is 44.4 Å². The molecule has 4 aromatic rings. The maximum atomic E-state index is 13.5. The van der Waals surface area contributed by atoms with Gasteiger partial charge in [0.2, 0.25) is 5.91 Å². The highest BCUT2D eigenvalue weighted by atomic mass is 16.5. The van der Waals surface area contributed by atoms with Crippen LogP contribution < -0.4 is 5.32 Å². The Morgan fingerprint density at radius 3 is 0.908 bits per heavy atom. The van der Waals surface area contributed by atoms with Gasteiger partial charge in [-0.2, -0.15) is 5.10 Å². The number of Topliss-reactive ketones (excluding diaryl/α,β-unsaturated/α-hetero) is 4. The number of nitrogens with one attached hydrogen (secondary N) is 1. The van der Waals surface area contributed by atoms with Crippen LogP contribution in [-0.4, -0.2) is 171 Å². The van der Waals surface area contributed by atoms with Crippen LogP contribution in [0.1, 0.15) is 311 Å². The zero-order chi connectivity index (χ0) is 93.2. The molecule has 16 saturated carbocycles. The Morgan fingerprint density at radius 2 is 0.641 bits per heavy atom. The Bertz CT molecular complexity index is 4400. The number of nitrogens with zero attached hydrogens (tertiary/aromatic N) is 9. The Labute approximate surface area is 783 Å². The highest BCUT2D eigenvalue weighted by Gasteiger charge is 2.68. The molecule has 0 spiro atoms. The first-order chi connectivity index (χ1) is 62.1. The summed E-state index contributed by atoms with van der Waals surface area (Å²) in [5.41, 5.74) is 2.68. The number of aromatic nitrogens is 9. The number of ketones is 4. The number of aryl methyl sites for hydroxylation is 3. The molecule has 4 aromatic heterocycles. The Kier molecular flexibility index (Phi) is 27.5. The number of anilines is 1. The van der Waals surface area contributed by atoms with Crippen molar-refractivity contribution < 1.29 is 63.3 Å². The Hall–Kier alpha value is -5.40. The van der Waals surface area contributed by atoms with Gasteiger partial charge in [0.15, 0.2) is 23.1 Å². The summed E-state index contributed by atoms with van der Waals surface area (Å²) in [4.78, 5) is 73.5. The van der Waals surface area contributed by atoms with E-state index >= 15 is 0 Å². The normalized spacial score (nSPS) is 44.9. The molecule has 0 aliphatic heterocycles. The van der Waals surface area contributed by atoms with Crippen molar-refractivity contribution in [3.63, 3.8) is 0 Å². The van der Waals surface area contributed by atoms with Gasteiger partial charge in [-0.3, -0.25) is 28.7 Å². The number of hydrogen-bond donors (Lipinski definition) is 5. The molecule has 0 radical (unpaired) electrons. The van der Waals surface area contributed by atoms with E-state index in [4.69, 9.17) is 18.9 Å². The molecule has 0 aromatic carbocycles. The highest BCUT2D eigenvalue weighted by Crippen LogP contribution is 2.74. The molecule has 0 saturated heterocycles. The average Bonchev–Trinajstić information content (AvgIpc) is 1.60. The molecule has 16 fully saturated rings. The lowest BCUT2D eigenvalue weighted by molar-refractivity contribution is -0.164. The molecule has 4 heterocycles. The SMILES string of the molecule is COC[C@@]1(O)CC[C@@]2(C)[C@@H](CC[C@@H]3[C@@H]2CC[C@]2(C)[C@@H](C(=O)Cn4cc(C)nn4)CC[C@@H]32)C1.COC[C@@]1(O)CC[C@@]2(C)[C@@H](CC[C@@H]3[C@@H]2CC[C@]2(C)[C@@H](C(=O)Cn4cc(NC(C)=O)cn4)CC[C@@H]32)C1.COC[C@@]1(O)CC[C@@]2(C)[C@@H](CC[C@@H]3[C@@H]2CC[C@]2(C)[C@@H](C(=O)Cn4cnc(C)c4)CC[C@@H]32)C1.COC[C@@]1(O)CC[C@@]2(C)[C@@H](CC[C@@H]3[C@@H]2CC[C@]2(C)[C@@H](C(=O)Cn4cnc(C)c4)CC[C@@H]32)C1. The molecule has 23 heteroatoms. The molecular weight excluding hydrogens is 1650 g/mol. The van der Waals surface area contributed by atoms with Crippen molar-refractivity contribution in [1.29, 1.82) is 0 Å². The third-order valence-corrected chi connectivity index (χ3v) is 42.9. The van der Waals surface area contributed by atoms with Crippen LogP contribution in [0, 0.1) is 182 Å². The first-order valence-electron chi connectivity index (χ1n) is 52.2. The number of ether oxygens (including phenoxy) is 4. The van der Waals surface area contributed by atoms with Crippen LogP contribution in [0.15, 0.2) is 43.6 Å². The van der Waals surface area contributed by atoms with Gasteiger partial charge in [-0.1, -0.05) is 60.6 Å². The van der Waals surface area contributed by atoms with E-state index in [0.717, 1.165) is 175 Å². The first-order valence-corrected chi connectivity index (χ1v) is 52.2. The van der Waals surface area contributed by atoms with Crippen molar-refractivity contribution in [2.45, 2.75) is 363 Å². The van der Waals surface area contributed by atoms with Gasteiger partial charge in [-0.05, 0) is 390 Å². The van der Waals surface area contributed by atoms with Crippen molar-refractivity contribution in [3.8, 4) is 0 Å². The molecule has 23 nitrogen and oxygen atoms in total. The van der Waals surface area contributed by atoms with Gasteiger partial charge in [-0.25, -0.2) is 14.6 Å². The minimum atomic E-state index is -0.661. The number of carbonyl (C=O) groups is 5. The summed E-state index contributed by atoms with van der Waals surface area (Å²) < 4.78 is 28.8. The van der Waals surface area contributed by atoms with Crippen molar-refractivity contribution in [1.82, 2.24) is 43.9 Å². The fourth-order valence-corrected chi connectivity index (χ4v) is 36.4. The number of methoxy groups -OCH3 is 4. The number of fused-ring (bicyclic) bond motifs is 20. The van der Waals surface area contributed by atoms with E-state index < -0.39 is 22.4 Å². The van der Waals surface area contributed by atoms with Gasteiger partial charge in [0.25, 0.3) is 0 Å². The molecular formula is C108H168N10O13. The van der Waals surface area contributed by atoms with Gasteiger partial charge in [0.1, 0.15) is 6.54 Å². The number of carbonyl (C=O) groups excluding carboxylic acids is 5. The predicted octanol–water partition coefficient (Wildman–Crippen LogP) is 18.2. The topological polar surface area (TPSA) is 299 Å². The molecule has 0 unspecified atom stereocenters. The van der Waals surface area contributed by atoms with E-state index in [1.807, 2.05) is 48.5 Å². The molecule has 16 aliphatic carbocycles. The number of aliphatic hydroxyl groups is 4. The minimum Gasteiger partial charge on any atom is -0.387 e. The quantitative estimate of drug-likeness (QED) is 0.0518. The summed E-state index contributed by atoms with van der Waals surface area (Å²) in [5.74, 6) is 12.8. The summed E-state index contributed by atoms with van der Waals surface area (Å²) in [6.07, 6.45) is 52.6. The van der Waals surface area contributed by atoms with Gasteiger partial charge in [0.05, 0.1) is 110 Å². The third kappa shape index (κ3) is 18.0. The number of hydrogen-bond acceptors (Lipinski definition) is 18. The van der Waals surface area contributed by atoms with Gasteiger partial charge in [0, 0.05) is 83.8 Å². The van der Waals surface area contributed by atoms with E-state index in [0.29, 0.717) is 150 Å². The average molecular weight is 1810 g/mol. The zero-order valence-electron chi connectivity index (χ0n) is 83.2. The Balaban J connectivity index is 0.000000122. The predicted molar refractivity (Wildman–Crippen MR) is 503 cm³/mol. The lowest BCUT2D eigenvalue weighted by atomic mass is 9.44. The second-order valence-electron chi connectivity index (χ2n) is 49.7. The fourth-order valence-electron chi connectivity index (χ4n) is 36.4. The van der Waals surface area contributed by atoms with Crippen molar-refractivity contribution >= 4 is 34.7 Å². The Morgan fingerprint density at radius 1 is 0.351 bits per heavy atom. The van der Waals surface area contributed by atoms with Crippen LogP contribution in [0.5, 0.6) is 0 Å². The molecule has 16 aliphatic rings. The van der Waals surface area contributed by atoms with Gasteiger partial charge >= 0.3 is 0 Å². The molecule has 32 atom stereocenters. The van der Waals surface area contributed by atoms with Crippen molar-refractivity contribution in [3.05, 3.63) is 60.7 Å². The summed E-state index contributed by atoms with van der Waals surface area (Å²) in [7, 11) is 6.80. The summed E-state index contributed by atoms with van der Waals surface area (Å²) in [5, 5.41) is 59.5. The second kappa shape index (κ2) is 37.1. The summed E-state index contributed by atoms with van der Waals surface area (Å²) in [6.45, 7) is 30.5. The molecule has 131 heavy (non-hydrogen) atoms. The van der Waals surface area contributed by atoms with Crippen molar-refractivity contribution in [2.24, 2.45) is 162 Å². The number of rotatable bonds is 21. The van der Waals surface area contributed by atoms with Crippen molar-refractivity contribution in [2.75, 3.05) is 60.2 Å². The molecule has 0 bridgehead atoms. The highest BCUT2D eigenvalue weighted by molar-refractivity contribution is 5.88. The van der Waals surface area contributed by atoms with Crippen LogP contribution in [0.25, 0.3) is 0 Å². The summed E-state index contributed by atoms with van der Waals surface area (Å²) in [6, 6.07) is 0. The zero-order valence-corrected chi connectivity index (χ0v) is 83.2. The van der Waals surface area contributed by atoms with E-state index in [2.05, 4.69) is 86.1 Å². The van der Waals surface area contributed by atoms with Gasteiger partial charge < -0.3 is 53.8 Å². The first kappa shape index (κ1) is 97.3. The minimum absolute atomic E-state index is 0.0700. The van der Waals surface area contributed by atoms with Crippen LogP contribution in [0.3, 0.4) is 0 Å². The molecule has 728 valence electrons. The molecule has 20 rings (SSSR count). The number of amides is 1. The third-order valence-electron chi connectivity index (χ3n) is 42.9. The van der Waals surface area contributed by atoms with Crippen LogP contribution in [0.4, 0.5) is 5.69 Å². The number of imidazole rings is 2. The molecule has 5 N–H and O–H groups in total. The van der Waals surface area contributed by atoms with Crippen LogP contribution in [-0.2, 0) is 69.1 Å². The van der Waals surface area contributed by atoms with E-state index in [1.165, 1.54) is 116 Å². The lowest BCUT2D eigenvalue weighted by Crippen LogP contribution is -2.56. The smallest absolute Gasteiger partial charge is 0.221 e. The van der Waals surface area contributed by atoms with E-state index in [1.54, 1.807) is 62.9 Å². The van der Waals surface area contributed by atoms with Crippen LogP contribution >= 0.6 is 0 Å². The van der Waals surface area contributed by atoms with Gasteiger partial charge in [-0.15, -0.1) is 5.10 Å². The summed E-state index contributed by atoms with van der Waals surface area (Å²) >= 11 is 0. The fraction of sp³-hybridized carbons (Fsp3) is 0.852. The second-order valence-corrected chi connectivity index (χ2v) is 49.7. The maximum absolute atomic E-state index is 13.5. The standard InChI is InChI=1S/C28H43N3O4.2C27H42N2O3.C26H41N3O3/c1-18(32)30-20-14-29-31(15-20)16-25(33)24-8-7-22-21-6-5-19-13-28(34,17-35-4)12-11-26(19,2)23(21)9-10-27(22,24)3;2*1-18-14-29(17-28-18)15-24(30)23-8-7-21-20-6-5-19-13-27(31,16-32-4)12-11-25(19,2)22(20)9-10-26(21,23)3;1-17-14-29(28-27-17)15-23(30)22-8-7-20-19-6-5-18-13-26(31,16-32-4)12-11-24(18,2)21(19)9-10-25(20,22)3/h14-15,19,21-24,34H,5-13,16-17H2,1-4H3,(H,30,32);2*14,17,19-23,31H,5-13,15-16H2,1-4H3;14,18-22,31H,5-13,15-16H2,1-4H3/t19-,21-,22-,23-,24+,26-,27-,28+;2*19-,20-,21-,22-,23+,25-,26-,27+;18-,19-,20-,21-,22+,24-,25-,26+/m0000/s1. The van der Waals surface area contributed by atoms with Crippen LogP contribution in [0.2, 0.25) is 0 Å². The van der Waals surface area contributed by atoms with E-state index in [-0.39, 0.29) is 63.6 Å². The largest absolute Gasteiger partial charge is 0.387 e. The lowest BCUT2D eigenvalue weighted by Gasteiger charge is -2.62.